The van der Waals surface area contributed by atoms with Crippen molar-refractivity contribution in [2.45, 2.75) is 70.9 Å². The fourth-order valence-corrected chi connectivity index (χ4v) is 3.39. The first kappa shape index (κ1) is 16.8. The van der Waals surface area contributed by atoms with Gasteiger partial charge >= 0.3 is 0 Å². The first-order chi connectivity index (χ1) is 10.4. The number of rotatable bonds is 8. The predicted octanol–water partition coefficient (Wildman–Crippen LogP) is 2.40. The van der Waals surface area contributed by atoms with Gasteiger partial charge in [0.25, 0.3) is 0 Å². The second-order valence-electron chi connectivity index (χ2n) is 6.42. The summed E-state index contributed by atoms with van der Waals surface area (Å²) >= 11 is 0. The van der Waals surface area contributed by atoms with Crippen LogP contribution in [0.1, 0.15) is 58.8 Å². The summed E-state index contributed by atoms with van der Waals surface area (Å²) in [6.45, 7) is 10.2. The molecule has 0 aromatic rings. The van der Waals surface area contributed by atoms with Crippen molar-refractivity contribution in [2.75, 3.05) is 32.7 Å². The third kappa shape index (κ3) is 4.96. The van der Waals surface area contributed by atoms with Crippen LogP contribution < -0.4 is 10.6 Å². The Morgan fingerprint density at radius 1 is 1.05 bits per heavy atom. The molecule has 1 fully saturated rings. The molecule has 2 aliphatic heterocycles. The summed E-state index contributed by atoms with van der Waals surface area (Å²) in [6, 6.07) is 0.964. The van der Waals surface area contributed by atoms with Crippen molar-refractivity contribution in [1.82, 2.24) is 15.5 Å². The first-order valence-corrected chi connectivity index (χ1v) is 9.12. The van der Waals surface area contributed by atoms with Crippen molar-refractivity contribution < 1.29 is 0 Å². The highest BCUT2D eigenvalue weighted by Crippen LogP contribution is 2.18. The summed E-state index contributed by atoms with van der Waals surface area (Å²) in [5.74, 6) is 1.34. The molecule has 122 valence electrons. The van der Waals surface area contributed by atoms with Crippen molar-refractivity contribution in [3.8, 4) is 0 Å². The van der Waals surface area contributed by atoms with Gasteiger partial charge in [0.2, 0.25) is 0 Å². The Morgan fingerprint density at radius 2 is 1.76 bits per heavy atom. The van der Waals surface area contributed by atoms with Crippen LogP contribution in [0.15, 0.2) is 4.99 Å². The van der Waals surface area contributed by atoms with Gasteiger partial charge in [0.05, 0.1) is 6.04 Å². The fraction of sp³-hybridized carbons (Fsp3) is 0.941. The Hall–Kier alpha value is -0.610. The molecule has 0 aromatic carbocycles. The van der Waals surface area contributed by atoms with E-state index in [-0.39, 0.29) is 0 Å². The van der Waals surface area contributed by atoms with Crippen molar-refractivity contribution in [3.05, 3.63) is 0 Å². The predicted molar refractivity (Wildman–Crippen MR) is 91.1 cm³/mol. The number of aliphatic imine (C=N–C) groups is 1. The molecule has 0 aromatic heterocycles. The lowest BCUT2D eigenvalue weighted by Gasteiger charge is -2.35. The molecule has 2 N–H and O–H groups in total. The topological polar surface area (TPSA) is 39.7 Å². The van der Waals surface area contributed by atoms with Gasteiger partial charge in [-0.05, 0) is 45.2 Å². The molecular formula is C17H34N4. The van der Waals surface area contributed by atoms with Crippen molar-refractivity contribution >= 4 is 5.84 Å². The molecule has 0 spiro atoms. The Morgan fingerprint density at radius 3 is 2.52 bits per heavy atom. The Balaban J connectivity index is 2.02. The number of unbranched alkanes of at least 4 members (excludes halogenated alkanes) is 2. The monoisotopic (exact) mass is 294 g/mol. The van der Waals surface area contributed by atoms with Crippen LogP contribution >= 0.6 is 0 Å². The van der Waals surface area contributed by atoms with E-state index in [1.807, 2.05) is 0 Å². The average molecular weight is 294 g/mol. The minimum atomic E-state index is 0.413. The summed E-state index contributed by atoms with van der Waals surface area (Å²) < 4.78 is 0. The number of amidine groups is 1. The Kier molecular flexibility index (Phi) is 7.51. The number of hydrogen-bond donors (Lipinski definition) is 2. The molecule has 0 saturated carbocycles. The van der Waals surface area contributed by atoms with Gasteiger partial charge in [-0.2, -0.15) is 0 Å². The third-order valence-electron chi connectivity index (χ3n) is 4.64. The van der Waals surface area contributed by atoms with Gasteiger partial charge in [-0.3, -0.25) is 4.99 Å². The molecule has 0 aliphatic carbocycles. The quantitative estimate of drug-likeness (QED) is 0.675. The van der Waals surface area contributed by atoms with Gasteiger partial charge in [0, 0.05) is 25.7 Å². The zero-order valence-electron chi connectivity index (χ0n) is 14.0. The lowest BCUT2D eigenvalue weighted by atomic mass is 10.0. The summed E-state index contributed by atoms with van der Waals surface area (Å²) in [7, 11) is 0. The van der Waals surface area contributed by atoms with Gasteiger partial charge in [0.1, 0.15) is 5.84 Å². The van der Waals surface area contributed by atoms with Crippen LogP contribution in [-0.4, -0.2) is 55.5 Å². The van der Waals surface area contributed by atoms with Crippen LogP contribution in [-0.2, 0) is 0 Å². The molecule has 21 heavy (non-hydrogen) atoms. The highest BCUT2D eigenvalue weighted by atomic mass is 15.2. The van der Waals surface area contributed by atoms with Crippen LogP contribution in [0.25, 0.3) is 0 Å². The minimum absolute atomic E-state index is 0.413. The van der Waals surface area contributed by atoms with Crippen LogP contribution in [0.2, 0.25) is 0 Å². The summed E-state index contributed by atoms with van der Waals surface area (Å²) in [4.78, 5) is 7.43. The van der Waals surface area contributed by atoms with Crippen LogP contribution in [0.3, 0.4) is 0 Å². The van der Waals surface area contributed by atoms with E-state index in [1.165, 1.54) is 63.9 Å². The van der Waals surface area contributed by atoms with Gasteiger partial charge in [-0.15, -0.1) is 0 Å². The molecular weight excluding hydrogens is 260 g/mol. The zero-order valence-corrected chi connectivity index (χ0v) is 14.0. The molecule has 0 radical (unpaired) electrons. The lowest BCUT2D eigenvalue weighted by Crippen LogP contribution is -2.56. The molecule has 2 unspecified atom stereocenters. The third-order valence-corrected chi connectivity index (χ3v) is 4.64. The fourth-order valence-electron chi connectivity index (χ4n) is 3.39. The van der Waals surface area contributed by atoms with E-state index in [4.69, 9.17) is 4.99 Å². The van der Waals surface area contributed by atoms with Crippen molar-refractivity contribution in [2.24, 2.45) is 4.99 Å². The average Bonchev–Trinajstić information content (AvgIpc) is 2.68. The van der Waals surface area contributed by atoms with Crippen molar-refractivity contribution in [3.63, 3.8) is 0 Å². The second kappa shape index (κ2) is 9.42. The molecule has 1 saturated heterocycles. The van der Waals surface area contributed by atoms with E-state index in [0.29, 0.717) is 12.1 Å². The van der Waals surface area contributed by atoms with Crippen molar-refractivity contribution in [1.29, 1.82) is 0 Å². The maximum atomic E-state index is 4.89. The molecule has 0 bridgehead atoms. The maximum absolute atomic E-state index is 4.89. The molecule has 2 aliphatic rings. The second-order valence-corrected chi connectivity index (χ2v) is 6.42. The van der Waals surface area contributed by atoms with E-state index in [0.717, 1.165) is 19.6 Å². The standard InChI is InChI=1S/C17H34N4/c1-3-5-10-18-15-9-7-13-21-14-8-12-20-17(21)16(15)19-11-6-4-2/h15-16,18-19H,3-14H2,1-2H3. The van der Waals surface area contributed by atoms with E-state index >= 15 is 0 Å². The Labute approximate surface area is 130 Å². The summed E-state index contributed by atoms with van der Waals surface area (Å²) in [6.07, 6.45) is 8.82. The molecule has 0 amide bonds. The van der Waals surface area contributed by atoms with Gasteiger partial charge in [-0.1, -0.05) is 26.7 Å². The highest BCUT2D eigenvalue weighted by molar-refractivity contribution is 5.89. The first-order valence-electron chi connectivity index (χ1n) is 9.12. The van der Waals surface area contributed by atoms with Gasteiger partial charge in [-0.25, -0.2) is 0 Å². The van der Waals surface area contributed by atoms with E-state index in [1.54, 1.807) is 0 Å². The van der Waals surface area contributed by atoms with Crippen LogP contribution in [0.5, 0.6) is 0 Å². The smallest absolute Gasteiger partial charge is 0.118 e. The summed E-state index contributed by atoms with van der Waals surface area (Å²) in [5.41, 5.74) is 0. The normalized spacial score (nSPS) is 26.2. The molecule has 4 nitrogen and oxygen atoms in total. The van der Waals surface area contributed by atoms with Gasteiger partial charge < -0.3 is 15.5 Å². The van der Waals surface area contributed by atoms with E-state index in [2.05, 4.69) is 29.4 Å². The molecule has 2 rings (SSSR count). The van der Waals surface area contributed by atoms with Crippen LogP contribution in [0, 0.1) is 0 Å². The van der Waals surface area contributed by atoms with Gasteiger partial charge in [0.15, 0.2) is 0 Å². The maximum Gasteiger partial charge on any atom is 0.118 e. The molecule has 4 heteroatoms. The molecule has 2 atom stereocenters. The minimum Gasteiger partial charge on any atom is -0.359 e. The molecule has 2 heterocycles. The zero-order chi connectivity index (χ0) is 14.9. The van der Waals surface area contributed by atoms with Crippen LogP contribution in [0.4, 0.5) is 0 Å². The lowest BCUT2D eigenvalue weighted by molar-refractivity contribution is 0.380. The SMILES string of the molecule is CCCCNC1CCCN2CCCN=C2C1NCCCC. The number of nitrogens with one attached hydrogen (secondary N) is 2. The largest absolute Gasteiger partial charge is 0.359 e. The van der Waals surface area contributed by atoms with E-state index < -0.39 is 0 Å². The number of nitrogens with zero attached hydrogens (tertiary/aromatic N) is 2. The Bertz CT molecular complexity index is 316. The van der Waals surface area contributed by atoms with E-state index in [9.17, 15) is 0 Å². The number of hydrogen-bond acceptors (Lipinski definition) is 4. The number of fused-ring (bicyclic) bond motifs is 1. The highest BCUT2D eigenvalue weighted by Gasteiger charge is 2.32. The summed E-state index contributed by atoms with van der Waals surface area (Å²) in [5, 5.41) is 7.61.